The van der Waals surface area contributed by atoms with Crippen LogP contribution in [0.2, 0.25) is 0 Å². The minimum Gasteiger partial charge on any atom is -0.461 e. The largest absolute Gasteiger partial charge is 0.461 e. The number of ether oxygens (including phenoxy) is 2. The number of anilines is 2. The van der Waals surface area contributed by atoms with Crippen LogP contribution in [0.3, 0.4) is 0 Å². The van der Waals surface area contributed by atoms with E-state index in [1.54, 1.807) is 18.8 Å². The van der Waals surface area contributed by atoms with Crippen LogP contribution in [0, 0.1) is 30.5 Å². The maximum atomic E-state index is 15.8. The van der Waals surface area contributed by atoms with Crippen molar-refractivity contribution in [2.75, 3.05) is 51.0 Å². The van der Waals surface area contributed by atoms with Crippen molar-refractivity contribution in [2.24, 2.45) is 5.92 Å². The minimum atomic E-state index is -4.98. The number of alkyl halides is 3. The summed E-state index contributed by atoms with van der Waals surface area (Å²) < 4.78 is 100. The molecule has 4 aliphatic rings. The van der Waals surface area contributed by atoms with Crippen molar-refractivity contribution in [1.82, 2.24) is 29.5 Å². The molecule has 6 heterocycles. The summed E-state index contributed by atoms with van der Waals surface area (Å²) >= 11 is 0. The van der Waals surface area contributed by atoms with Crippen molar-refractivity contribution in [1.29, 1.82) is 0 Å². The molecule has 2 fully saturated rings. The van der Waals surface area contributed by atoms with Crippen LogP contribution in [0.1, 0.15) is 88.4 Å². The molecule has 7 rings (SSSR count). The molecule has 0 bridgehead atoms. The summed E-state index contributed by atoms with van der Waals surface area (Å²) in [4.78, 5) is 28.1. The molecule has 1 amide bonds. The van der Waals surface area contributed by atoms with Gasteiger partial charge in [-0.05, 0) is 64.1 Å². The number of rotatable bonds is 7. The molecule has 2 saturated heterocycles. The van der Waals surface area contributed by atoms with E-state index in [9.17, 15) is 26.7 Å². The van der Waals surface area contributed by atoms with E-state index in [0.29, 0.717) is 60.8 Å². The number of carbonyl (C=O) groups excluding carboxylic acids is 1. The van der Waals surface area contributed by atoms with E-state index in [1.165, 1.54) is 11.8 Å². The first-order valence-electron chi connectivity index (χ1n) is 18.2. The van der Waals surface area contributed by atoms with Gasteiger partial charge >= 0.3 is 12.2 Å². The van der Waals surface area contributed by atoms with Gasteiger partial charge in [0.1, 0.15) is 12.4 Å². The fraction of sp³-hybridized carbons (Fsp3) is 0.526. The predicted octanol–water partition coefficient (Wildman–Crippen LogP) is 6.03. The lowest BCUT2D eigenvalue weighted by atomic mass is 9.90. The molecule has 0 spiro atoms. The zero-order valence-corrected chi connectivity index (χ0v) is 31.0. The van der Waals surface area contributed by atoms with Crippen LogP contribution >= 0.6 is 0 Å². The molecular formula is C38H42F6N8O3. The first-order valence-corrected chi connectivity index (χ1v) is 18.2. The SMILES string of the molecule is CC#Cc1cc(N)c(F)c([C@H]2Cc3nc(OC[C@]45CCCN4C[C@@H](C=C(F)F)C5)nc(N4CCCn5nc(C(=O)N(C)C)c(C)c5C4)c3CO2)c1C(F)(F)F. The number of nitrogen functional groups attached to an aromatic ring is 1. The second-order valence-corrected chi connectivity index (χ2v) is 14.8. The Labute approximate surface area is 314 Å². The number of aryl methyl sites for hydroxylation is 1. The maximum Gasteiger partial charge on any atom is 0.418 e. The van der Waals surface area contributed by atoms with Gasteiger partial charge in [-0.3, -0.25) is 14.4 Å². The van der Waals surface area contributed by atoms with E-state index in [0.717, 1.165) is 37.2 Å². The normalized spacial score (nSPS) is 22.3. The quantitative estimate of drug-likeness (QED) is 0.175. The zero-order valence-electron chi connectivity index (χ0n) is 31.0. The number of halogens is 6. The summed E-state index contributed by atoms with van der Waals surface area (Å²) in [7, 11) is 3.30. The van der Waals surface area contributed by atoms with Crippen LogP contribution in [-0.4, -0.2) is 81.3 Å². The van der Waals surface area contributed by atoms with Crippen LogP contribution in [0.25, 0.3) is 0 Å². The van der Waals surface area contributed by atoms with Crippen LogP contribution in [-0.2, 0) is 37.0 Å². The van der Waals surface area contributed by atoms with Gasteiger partial charge in [0.2, 0.25) is 0 Å². The molecule has 11 nitrogen and oxygen atoms in total. The molecule has 0 radical (unpaired) electrons. The van der Waals surface area contributed by atoms with Gasteiger partial charge < -0.3 is 25.0 Å². The van der Waals surface area contributed by atoms with Gasteiger partial charge in [0.15, 0.2) is 11.5 Å². The number of fused-ring (bicyclic) bond motifs is 3. The van der Waals surface area contributed by atoms with Crippen LogP contribution in [0.4, 0.5) is 37.8 Å². The molecule has 0 aliphatic carbocycles. The first kappa shape index (κ1) is 38.5. The van der Waals surface area contributed by atoms with Crippen molar-refractivity contribution in [3.8, 4) is 17.9 Å². The third kappa shape index (κ3) is 7.21. The van der Waals surface area contributed by atoms with Gasteiger partial charge in [-0.25, -0.2) is 4.39 Å². The van der Waals surface area contributed by atoms with E-state index in [1.807, 2.05) is 11.8 Å². The van der Waals surface area contributed by atoms with Crippen LogP contribution < -0.4 is 15.4 Å². The van der Waals surface area contributed by atoms with Crippen molar-refractivity contribution < 1.29 is 40.6 Å². The molecule has 3 atom stereocenters. The molecule has 4 aliphatic heterocycles. The number of benzene rings is 1. The van der Waals surface area contributed by atoms with E-state index in [4.69, 9.17) is 25.2 Å². The van der Waals surface area contributed by atoms with Gasteiger partial charge in [0, 0.05) is 62.4 Å². The van der Waals surface area contributed by atoms with E-state index >= 15 is 4.39 Å². The number of hydrogen-bond donors (Lipinski definition) is 1. The smallest absolute Gasteiger partial charge is 0.418 e. The van der Waals surface area contributed by atoms with Crippen molar-refractivity contribution in [3.63, 3.8) is 0 Å². The average Bonchev–Trinajstić information content (AvgIpc) is 3.70. The molecular weight excluding hydrogens is 730 g/mol. The van der Waals surface area contributed by atoms with Gasteiger partial charge in [-0.15, -0.1) is 5.92 Å². The van der Waals surface area contributed by atoms with E-state index in [2.05, 4.69) is 21.8 Å². The lowest BCUT2D eigenvalue weighted by Gasteiger charge is -2.33. The number of carbonyl (C=O) groups is 1. The molecule has 0 saturated carbocycles. The molecule has 2 N–H and O–H groups in total. The van der Waals surface area contributed by atoms with E-state index < -0.39 is 52.1 Å². The summed E-state index contributed by atoms with van der Waals surface area (Å²) in [5.41, 5.74) is 5.02. The Kier molecular flexibility index (Phi) is 10.3. The fourth-order valence-corrected chi connectivity index (χ4v) is 8.58. The Morgan fingerprint density at radius 3 is 2.69 bits per heavy atom. The lowest BCUT2D eigenvalue weighted by molar-refractivity contribution is -0.140. The van der Waals surface area contributed by atoms with Crippen molar-refractivity contribution in [3.05, 3.63) is 68.9 Å². The Morgan fingerprint density at radius 1 is 1.20 bits per heavy atom. The predicted molar refractivity (Wildman–Crippen MR) is 190 cm³/mol. The molecule has 1 aromatic carbocycles. The van der Waals surface area contributed by atoms with Gasteiger partial charge in [-0.1, -0.05) is 5.92 Å². The zero-order chi connectivity index (χ0) is 39.4. The molecule has 17 heteroatoms. The highest BCUT2D eigenvalue weighted by molar-refractivity contribution is 5.93. The molecule has 0 unspecified atom stereocenters. The Bertz CT molecular complexity index is 2100. The van der Waals surface area contributed by atoms with E-state index in [-0.39, 0.29) is 44.0 Å². The Balaban J connectivity index is 1.29. The number of nitrogens with two attached hydrogens (primary N) is 1. The Morgan fingerprint density at radius 2 is 1.98 bits per heavy atom. The van der Waals surface area contributed by atoms with Crippen molar-refractivity contribution >= 4 is 17.4 Å². The summed E-state index contributed by atoms with van der Waals surface area (Å²) in [6.07, 6.45) is -4.77. The lowest BCUT2D eigenvalue weighted by Crippen LogP contribution is -2.43. The van der Waals surface area contributed by atoms with Crippen LogP contribution in [0.15, 0.2) is 18.2 Å². The summed E-state index contributed by atoms with van der Waals surface area (Å²) in [6.45, 7) is 5.55. The van der Waals surface area contributed by atoms with Crippen molar-refractivity contribution in [2.45, 2.75) is 83.5 Å². The second kappa shape index (κ2) is 14.7. The summed E-state index contributed by atoms with van der Waals surface area (Å²) in [5.74, 6) is 3.45. The van der Waals surface area contributed by atoms with Gasteiger partial charge in [0.05, 0.1) is 47.4 Å². The van der Waals surface area contributed by atoms with Gasteiger partial charge in [-0.2, -0.15) is 37.0 Å². The highest BCUT2D eigenvalue weighted by Gasteiger charge is 2.49. The second-order valence-electron chi connectivity index (χ2n) is 14.8. The third-order valence-corrected chi connectivity index (χ3v) is 11.1. The fourth-order valence-electron chi connectivity index (χ4n) is 8.58. The monoisotopic (exact) mass is 772 g/mol. The standard InChI is InChI=1S/C38H42F6N8O3/c1-5-8-23-14-25(45)32(41)30(31(23)38(42,43)44)28-15-26-24(19-54-28)34(50-10-7-12-52-27(18-50)21(2)33(48-52)35(53)49(3)4)47-36(46-26)55-20-37-9-6-11-51(37)17-22(16-37)13-29(39)40/h13-14,22,28H,6-7,9-12,15-20,45H2,1-4H3/t22-,28+,37+/m0/s1. The van der Waals surface area contributed by atoms with Crippen LogP contribution in [0.5, 0.6) is 6.01 Å². The molecule has 2 aromatic heterocycles. The average molecular weight is 773 g/mol. The van der Waals surface area contributed by atoms with Gasteiger partial charge in [0.25, 0.3) is 12.0 Å². The number of amides is 1. The highest BCUT2D eigenvalue weighted by Crippen LogP contribution is 2.46. The topological polar surface area (TPSA) is 115 Å². The first-order chi connectivity index (χ1) is 26.1. The molecule has 3 aromatic rings. The molecule has 55 heavy (non-hydrogen) atoms. The highest BCUT2D eigenvalue weighted by atomic mass is 19.4. The summed E-state index contributed by atoms with van der Waals surface area (Å²) in [5, 5.41) is 4.61. The molecule has 294 valence electrons. The summed E-state index contributed by atoms with van der Waals surface area (Å²) in [6, 6.07) is 0.827. The number of nitrogens with zero attached hydrogens (tertiary/aromatic N) is 7. The third-order valence-electron chi connectivity index (χ3n) is 11.1. The minimum absolute atomic E-state index is 0.0501. The number of hydrogen-bond acceptors (Lipinski definition) is 9. The Hall–Kier alpha value is -4.82. The maximum absolute atomic E-state index is 15.8. The number of aromatic nitrogens is 4.